The number of methoxy groups -OCH3 is 4. The molecule has 0 fully saturated rings. The van der Waals surface area contributed by atoms with Crippen LogP contribution < -0.4 is 18.9 Å². The second kappa shape index (κ2) is 8.18. The topological polar surface area (TPSA) is 105 Å². The standard InChI is InChI=1S/C23H22N2O7/c1-12-8-14(28-2)20(27)22-17(12)18(23(32-22)25-7-6-24-11-25)19(26)13-9-15(29-3)21(31-5)16(10-13)30-4/h6-11,27H,1-5H3. The number of ether oxygens (including phenoxy) is 4. The largest absolute Gasteiger partial charge is 0.502 e. The zero-order valence-electron chi connectivity index (χ0n) is 18.3. The monoisotopic (exact) mass is 438 g/mol. The summed E-state index contributed by atoms with van der Waals surface area (Å²) >= 11 is 0. The van der Waals surface area contributed by atoms with Crippen molar-refractivity contribution in [3.8, 4) is 34.6 Å². The van der Waals surface area contributed by atoms with Crippen LogP contribution in [0.2, 0.25) is 0 Å². The van der Waals surface area contributed by atoms with Crippen LogP contribution in [-0.2, 0) is 0 Å². The maximum absolute atomic E-state index is 13.8. The van der Waals surface area contributed by atoms with Gasteiger partial charge in [0.25, 0.3) is 0 Å². The lowest BCUT2D eigenvalue weighted by Crippen LogP contribution is -2.07. The van der Waals surface area contributed by atoms with Crippen LogP contribution in [0.25, 0.3) is 16.9 Å². The fourth-order valence-corrected chi connectivity index (χ4v) is 3.70. The van der Waals surface area contributed by atoms with E-state index < -0.39 is 0 Å². The second-order valence-corrected chi connectivity index (χ2v) is 6.94. The number of phenols is 1. The molecule has 0 aliphatic carbocycles. The molecule has 4 rings (SSSR count). The molecule has 166 valence electrons. The van der Waals surface area contributed by atoms with Crippen LogP contribution in [0.3, 0.4) is 0 Å². The van der Waals surface area contributed by atoms with E-state index >= 15 is 0 Å². The van der Waals surface area contributed by atoms with Crippen molar-refractivity contribution in [2.75, 3.05) is 28.4 Å². The smallest absolute Gasteiger partial charge is 0.217 e. The third-order valence-electron chi connectivity index (χ3n) is 5.19. The molecule has 2 aromatic heterocycles. The van der Waals surface area contributed by atoms with E-state index in [1.165, 1.54) is 34.8 Å². The number of aryl methyl sites for hydroxylation is 1. The van der Waals surface area contributed by atoms with Crippen LogP contribution in [0.1, 0.15) is 21.5 Å². The summed E-state index contributed by atoms with van der Waals surface area (Å²) in [5.41, 5.74) is 1.38. The molecule has 0 aliphatic heterocycles. The number of aromatic hydroxyl groups is 1. The number of imidazole rings is 1. The summed E-state index contributed by atoms with van der Waals surface area (Å²) in [6.45, 7) is 1.81. The van der Waals surface area contributed by atoms with Gasteiger partial charge in [-0.3, -0.25) is 9.36 Å². The van der Waals surface area contributed by atoms with E-state index in [1.54, 1.807) is 35.2 Å². The van der Waals surface area contributed by atoms with Crippen LogP contribution in [0, 0.1) is 6.92 Å². The van der Waals surface area contributed by atoms with Gasteiger partial charge in [0.1, 0.15) is 6.33 Å². The number of hydrogen-bond acceptors (Lipinski definition) is 8. The van der Waals surface area contributed by atoms with Gasteiger partial charge in [0.05, 0.1) is 34.0 Å². The zero-order valence-corrected chi connectivity index (χ0v) is 18.3. The van der Waals surface area contributed by atoms with Crippen molar-refractivity contribution >= 4 is 16.8 Å². The lowest BCUT2D eigenvalue weighted by atomic mass is 9.98. The number of ketones is 1. The Morgan fingerprint density at radius 1 is 1.00 bits per heavy atom. The van der Waals surface area contributed by atoms with E-state index in [0.29, 0.717) is 33.8 Å². The molecule has 2 aromatic carbocycles. The quantitative estimate of drug-likeness (QED) is 0.433. The summed E-state index contributed by atoms with van der Waals surface area (Å²) in [5.74, 6) is 0.951. The second-order valence-electron chi connectivity index (χ2n) is 6.94. The Kier molecular flexibility index (Phi) is 5.40. The number of furan rings is 1. The summed E-state index contributed by atoms with van der Waals surface area (Å²) in [4.78, 5) is 17.9. The van der Waals surface area contributed by atoms with Gasteiger partial charge in [-0.25, -0.2) is 4.98 Å². The molecule has 9 nitrogen and oxygen atoms in total. The highest BCUT2D eigenvalue weighted by atomic mass is 16.5. The molecule has 2 heterocycles. The first-order chi connectivity index (χ1) is 15.4. The molecule has 0 atom stereocenters. The Hall–Kier alpha value is -4.14. The molecule has 0 bridgehead atoms. The number of rotatable bonds is 7. The lowest BCUT2D eigenvalue weighted by molar-refractivity contribution is 0.103. The van der Waals surface area contributed by atoms with Gasteiger partial charge in [-0.1, -0.05) is 0 Å². The summed E-state index contributed by atoms with van der Waals surface area (Å²) in [6, 6.07) is 4.79. The van der Waals surface area contributed by atoms with Crippen LogP contribution >= 0.6 is 0 Å². The third-order valence-corrected chi connectivity index (χ3v) is 5.19. The summed E-state index contributed by atoms with van der Waals surface area (Å²) in [5, 5.41) is 11.1. The fraction of sp³-hybridized carbons (Fsp3) is 0.217. The Morgan fingerprint density at radius 3 is 2.19 bits per heavy atom. The third kappa shape index (κ3) is 3.18. The SMILES string of the molecule is COc1cc(C(=O)c2c(-n3ccnc3)oc3c(O)c(OC)cc(C)c23)cc(OC)c1OC. The Balaban J connectivity index is 2.03. The van der Waals surface area contributed by atoms with Crippen molar-refractivity contribution in [2.45, 2.75) is 6.92 Å². The number of benzene rings is 2. The first kappa shape index (κ1) is 21.1. The molecule has 32 heavy (non-hydrogen) atoms. The Labute approximate surface area is 183 Å². The van der Waals surface area contributed by atoms with Crippen LogP contribution in [-0.4, -0.2) is 48.9 Å². The maximum atomic E-state index is 13.8. The zero-order chi connectivity index (χ0) is 23.0. The van der Waals surface area contributed by atoms with Gasteiger partial charge in [0.2, 0.25) is 17.4 Å². The fourth-order valence-electron chi connectivity index (χ4n) is 3.70. The average molecular weight is 438 g/mol. The first-order valence-corrected chi connectivity index (χ1v) is 9.61. The van der Waals surface area contributed by atoms with Crippen molar-refractivity contribution in [3.05, 3.63) is 53.6 Å². The highest BCUT2D eigenvalue weighted by molar-refractivity contribution is 6.20. The van der Waals surface area contributed by atoms with Gasteiger partial charge >= 0.3 is 0 Å². The summed E-state index contributed by atoms with van der Waals surface area (Å²) in [7, 11) is 5.89. The van der Waals surface area contributed by atoms with Crippen LogP contribution in [0.4, 0.5) is 0 Å². The molecular formula is C23H22N2O7. The average Bonchev–Trinajstić information content (AvgIpc) is 3.48. The molecular weight excluding hydrogens is 416 g/mol. The minimum absolute atomic E-state index is 0.140. The molecule has 0 spiro atoms. The van der Waals surface area contributed by atoms with E-state index in [2.05, 4.69) is 4.98 Å². The van der Waals surface area contributed by atoms with Gasteiger partial charge < -0.3 is 28.5 Å². The van der Waals surface area contributed by atoms with E-state index in [9.17, 15) is 9.90 Å². The predicted molar refractivity (Wildman–Crippen MR) is 116 cm³/mol. The normalized spacial score (nSPS) is 10.9. The Morgan fingerprint density at radius 2 is 1.66 bits per heavy atom. The van der Waals surface area contributed by atoms with E-state index in [4.69, 9.17) is 23.4 Å². The summed E-state index contributed by atoms with van der Waals surface area (Å²) < 4.78 is 28.9. The minimum atomic E-state index is -0.362. The molecule has 0 saturated heterocycles. The molecule has 0 aliphatic rings. The van der Waals surface area contributed by atoms with E-state index in [0.717, 1.165) is 0 Å². The number of nitrogens with zero attached hydrogens (tertiary/aromatic N) is 2. The van der Waals surface area contributed by atoms with Gasteiger partial charge in [-0.2, -0.15) is 0 Å². The highest BCUT2D eigenvalue weighted by Gasteiger charge is 2.29. The number of carbonyl (C=O) groups is 1. The lowest BCUT2D eigenvalue weighted by Gasteiger charge is -2.14. The molecule has 0 amide bonds. The minimum Gasteiger partial charge on any atom is -0.502 e. The number of fused-ring (bicyclic) bond motifs is 1. The maximum Gasteiger partial charge on any atom is 0.217 e. The van der Waals surface area contributed by atoms with E-state index in [-0.39, 0.29) is 34.3 Å². The van der Waals surface area contributed by atoms with Crippen molar-refractivity contribution < 1.29 is 33.3 Å². The predicted octanol–water partition coefficient (Wildman–Crippen LogP) is 3.90. The highest BCUT2D eigenvalue weighted by Crippen LogP contribution is 2.44. The van der Waals surface area contributed by atoms with Crippen LogP contribution in [0.5, 0.6) is 28.7 Å². The van der Waals surface area contributed by atoms with E-state index in [1.807, 2.05) is 6.92 Å². The first-order valence-electron chi connectivity index (χ1n) is 9.61. The van der Waals surface area contributed by atoms with Gasteiger partial charge in [0.15, 0.2) is 28.6 Å². The van der Waals surface area contributed by atoms with Gasteiger partial charge in [-0.05, 0) is 30.7 Å². The summed E-state index contributed by atoms with van der Waals surface area (Å²) in [6.07, 6.45) is 4.72. The molecule has 0 radical (unpaired) electrons. The molecule has 0 saturated carbocycles. The number of phenolic OH excluding ortho intramolecular Hbond substituents is 1. The van der Waals surface area contributed by atoms with Gasteiger partial charge in [-0.15, -0.1) is 0 Å². The van der Waals surface area contributed by atoms with Crippen LogP contribution in [0.15, 0.2) is 41.3 Å². The number of hydrogen-bond donors (Lipinski definition) is 1. The Bertz CT molecular complexity index is 1280. The van der Waals surface area contributed by atoms with Crippen molar-refractivity contribution in [1.29, 1.82) is 0 Å². The molecule has 1 N–H and O–H groups in total. The molecule has 9 heteroatoms. The number of carbonyl (C=O) groups excluding carboxylic acids is 1. The van der Waals surface area contributed by atoms with Crippen molar-refractivity contribution in [1.82, 2.24) is 9.55 Å². The molecule has 4 aromatic rings. The van der Waals surface area contributed by atoms with Gasteiger partial charge in [0, 0.05) is 23.3 Å². The molecule has 0 unspecified atom stereocenters. The van der Waals surface area contributed by atoms with Crippen molar-refractivity contribution in [3.63, 3.8) is 0 Å². The number of aromatic nitrogens is 2. The van der Waals surface area contributed by atoms with Crippen molar-refractivity contribution in [2.24, 2.45) is 0 Å².